The maximum Gasteiger partial charge on any atom is 0.408 e. The maximum absolute atomic E-state index is 12.7. The highest BCUT2D eigenvalue weighted by Gasteiger charge is 2.48. The van der Waals surface area contributed by atoms with Crippen LogP contribution >= 0.6 is 0 Å². The second-order valence-corrected chi connectivity index (χ2v) is 6.49. The van der Waals surface area contributed by atoms with Crippen LogP contribution in [0.5, 0.6) is 0 Å². The van der Waals surface area contributed by atoms with Crippen molar-refractivity contribution in [3.8, 4) is 0 Å². The molecule has 1 aliphatic rings. The summed E-state index contributed by atoms with van der Waals surface area (Å²) in [5.41, 5.74) is -0.823. The van der Waals surface area contributed by atoms with Gasteiger partial charge >= 0.3 is 18.2 Å². The number of hydrogen-bond acceptors (Lipinski definition) is 5. The topological polar surface area (TPSA) is 93.7 Å². The molecule has 1 fully saturated rings. The molecule has 24 heavy (non-hydrogen) atoms. The molecule has 0 bridgehead atoms. The van der Waals surface area contributed by atoms with Crippen molar-refractivity contribution in [1.82, 2.24) is 10.6 Å². The molecular formula is C14H21F3N2O5. The molecule has 2 amide bonds. The average molecular weight is 354 g/mol. The lowest BCUT2D eigenvalue weighted by molar-refractivity contribution is -0.155. The molecule has 1 aliphatic heterocycles. The van der Waals surface area contributed by atoms with E-state index in [0.29, 0.717) is 0 Å². The van der Waals surface area contributed by atoms with Crippen LogP contribution < -0.4 is 10.6 Å². The van der Waals surface area contributed by atoms with Gasteiger partial charge in [-0.3, -0.25) is 4.79 Å². The fraction of sp³-hybridized carbons (Fsp3) is 0.786. The Bertz CT molecular complexity index is 502. The van der Waals surface area contributed by atoms with E-state index in [1.165, 1.54) is 0 Å². The summed E-state index contributed by atoms with van der Waals surface area (Å²) in [4.78, 5) is 35.2. The Kier molecular flexibility index (Phi) is 6.07. The molecule has 0 saturated carbocycles. The van der Waals surface area contributed by atoms with Crippen molar-refractivity contribution in [2.45, 2.75) is 57.5 Å². The average Bonchev–Trinajstić information content (AvgIpc) is 2.76. The van der Waals surface area contributed by atoms with Crippen molar-refractivity contribution in [3.05, 3.63) is 0 Å². The number of nitrogens with one attached hydrogen (secondary N) is 2. The van der Waals surface area contributed by atoms with E-state index < -0.39 is 54.2 Å². The summed E-state index contributed by atoms with van der Waals surface area (Å²) in [7, 11) is 1.07. The van der Waals surface area contributed by atoms with Gasteiger partial charge in [-0.1, -0.05) is 0 Å². The zero-order valence-corrected chi connectivity index (χ0v) is 13.8. The van der Waals surface area contributed by atoms with Crippen molar-refractivity contribution < 1.29 is 37.0 Å². The second kappa shape index (κ2) is 7.27. The number of amides is 2. The number of alkyl halides is 3. The lowest BCUT2D eigenvalue weighted by atomic mass is 9.96. The summed E-state index contributed by atoms with van der Waals surface area (Å²) in [6.07, 6.45) is -6.32. The number of rotatable bonds is 4. The minimum atomic E-state index is -4.57. The van der Waals surface area contributed by atoms with Crippen molar-refractivity contribution in [2.75, 3.05) is 7.11 Å². The van der Waals surface area contributed by atoms with E-state index >= 15 is 0 Å². The van der Waals surface area contributed by atoms with E-state index in [2.05, 4.69) is 10.1 Å². The van der Waals surface area contributed by atoms with Gasteiger partial charge < -0.3 is 20.1 Å². The molecule has 0 spiro atoms. The molecule has 0 aromatic carbocycles. The van der Waals surface area contributed by atoms with Gasteiger partial charge in [-0.05, 0) is 33.6 Å². The van der Waals surface area contributed by atoms with Crippen molar-refractivity contribution in [2.24, 2.45) is 5.92 Å². The Morgan fingerprint density at radius 2 is 1.92 bits per heavy atom. The van der Waals surface area contributed by atoms with Gasteiger partial charge in [0.1, 0.15) is 17.7 Å². The van der Waals surface area contributed by atoms with Crippen LogP contribution in [0.4, 0.5) is 18.0 Å². The van der Waals surface area contributed by atoms with Crippen LogP contribution in [0.3, 0.4) is 0 Å². The second-order valence-electron chi connectivity index (χ2n) is 6.49. The van der Waals surface area contributed by atoms with Crippen LogP contribution in [0.25, 0.3) is 0 Å². The summed E-state index contributed by atoms with van der Waals surface area (Å²) in [5, 5.41) is 4.07. The van der Waals surface area contributed by atoms with Crippen LogP contribution in [0.15, 0.2) is 0 Å². The van der Waals surface area contributed by atoms with Crippen LogP contribution in [0.1, 0.15) is 33.6 Å². The molecule has 1 saturated heterocycles. The fourth-order valence-electron chi connectivity index (χ4n) is 2.25. The van der Waals surface area contributed by atoms with Gasteiger partial charge in [0.05, 0.1) is 7.11 Å². The predicted octanol–water partition coefficient (Wildman–Crippen LogP) is 1.51. The number of carbonyl (C=O) groups excluding carboxylic acids is 3. The van der Waals surface area contributed by atoms with Gasteiger partial charge in [0.15, 0.2) is 0 Å². The molecular weight excluding hydrogens is 333 g/mol. The van der Waals surface area contributed by atoms with Crippen LogP contribution in [-0.2, 0) is 19.1 Å². The predicted molar refractivity (Wildman–Crippen MR) is 75.9 cm³/mol. The third-order valence-corrected chi connectivity index (χ3v) is 3.30. The van der Waals surface area contributed by atoms with Crippen molar-refractivity contribution >= 4 is 18.0 Å². The van der Waals surface area contributed by atoms with Gasteiger partial charge in [0.25, 0.3) is 0 Å². The monoisotopic (exact) mass is 354 g/mol. The molecule has 2 N–H and O–H groups in total. The Morgan fingerprint density at radius 1 is 1.33 bits per heavy atom. The van der Waals surface area contributed by atoms with Crippen LogP contribution in [-0.4, -0.2) is 48.9 Å². The molecule has 10 heteroatoms. The molecule has 1 unspecified atom stereocenters. The SMILES string of the molecule is COC(=O)[C@H](CC1C[C@H](C(F)(F)F)NC1=O)NC(=O)OC(C)(C)C. The minimum absolute atomic E-state index is 0.315. The van der Waals surface area contributed by atoms with E-state index in [-0.39, 0.29) is 6.42 Å². The number of carbonyl (C=O) groups is 3. The van der Waals surface area contributed by atoms with E-state index in [1.807, 2.05) is 5.32 Å². The molecule has 0 aromatic rings. The molecule has 1 heterocycles. The summed E-state index contributed by atoms with van der Waals surface area (Å²) in [6.45, 7) is 4.83. The summed E-state index contributed by atoms with van der Waals surface area (Å²) >= 11 is 0. The largest absolute Gasteiger partial charge is 0.467 e. The number of halogens is 3. The summed E-state index contributed by atoms with van der Waals surface area (Å²) in [5.74, 6) is -2.77. The van der Waals surface area contributed by atoms with Crippen molar-refractivity contribution in [3.63, 3.8) is 0 Å². The molecule has 3 atom stereocenters. The van der Waals surface area contributed by atoms with Crippen molar-refractivity contribution in [1.29, 1.82) is 0 Å². The minimum Gasteiger partial charge on any atom is -0.467 e. The molecule has 138 valence electrons. The van der Waals surface area contributed by atoms with Crippen LogP contribution in [0, 0.1) is 5.92 Å². The molecule has 0 aliphatic carbocycles. The first-order chi connectivity index (χ1) is 10.8. The molecule has 7 nitrogen and oxygen atoms in total. The number of methoxy groups -OCH3 is 1. The third kappa shape index (κ3) is 5.89. The van der Waals surface area contributed by atoms with Gasteiger partial charge in [-0.15, -0.1) is 0 Å². The van der Waals surface area contributed by atoms with E-state index in [9.17, 15) is 27.6 Å². The quantitative estimate of drug-likeness (QED) is 0.747. The summed E-state index contributed by atoms with van der Waals surface area (Å²) < 4.78 is 47.5. The first-order valence-corrected chi connectivity index (χ1v) is 7.28. The smallest absolute Gasteiger partial charge is 0.408 e. The lowest BCUT2D eigenvalue weighted by Gasteiger charge is -2.23. The fourth-order valence-corrected chi connectivity index (χ4v) is 2.25. The van der Waals surface area contributed by atoms with Gasteiger partial charge in [-0.25, -0.2) is 9.59 Å². The Balaban J connectivity index is 2.75. The van der Waals surface area contributed by atoms with E-state index in [4.69, 9.17) is 4.74 Å². The van der Waals surface area contributed by atoms with E-state index in [0.717, 1.165) is 7.11 Å². The number of alkyl carbamates (subject to hydrolysis) is 1. The maximum atomic E-state index is 12.7. The zero-order chi connectivity index (χ0) is 18.7. The van der Waals surface area contributed by atoms with Gasteiger partial charge in [0, 0.05) is 5.92 Å². The normalized spacial score (nSPS) is 22.5. The van der Waals surface area contributed by atoms with E-state index in [1.54, 1.807) is 20.8 Å². The first kappa shape index (κ1) is 20.0. The zero-order valence-electron chi connectivity index (χ0n) is 13.8. The number of ether oxygens (including phenoxy) is 2. The Labute approximate surface area is 137 Å². The first-order valence-electron chi connectivity index (χ1n) is 7.28. The highest BCUT2D eigenvalue weighted by molar-refractivity contribution is 5.85. The standard InChI is InChI=1S/C14H21F3N2O5/c1-13(2,3)24-12(22)18-8(11(21)23-4)5-7-6-9(14(15,16)17)19-10(7)20/h7-9H,5-6H2,1-4H3,(H,18,22)(H,19,20)/t7?,8-,9+/m0/s1. The Hall–Kier alpha value is -2.00. The van der Waals surface area contributed by atoms with Crippen LogP contribution in [0.2, 0.25) is 0 Å². The number of esters is 1. The molecule has 0 radical (unpaired) electrons. The molecule has 0 aromatic heterocycles. The lowest BCUT2D eigenvalue weighted by Crippen LogP contribution is -2.45. The number of hydrogen-bond donors (Lipinski definition) is 2. The highest BCUT2D eigenvalue weighted by Crippen LogP contribution is 2.31. The van der Waals surface area contributed by atoms with Gasteiger partial charge in [0.2, 0.25) is 5.91 Å². The third-order valence-electron chi connectivity index (χ3n) is 3.30. The summed E-state index contributed by atoms with van der Waals surface area (Å²) in [6, 6.07) is -3.25. The molecule has 1 rings (SSSR count). The van der Waals surface area contributed by atoms with Gasteiger partial charge in [-0.2, -0.15) is 13.2 Å². The Morgan fingerprint density at radius 3 is 2.33 bits per heavy atom. The highest BCUT2D eigenvalue weighted by atomic mass is 19.4.